The van der Waals surface area contributed by atoms with Crippen LogP contribution in [0.15, 0.2) is 24.3 Å². The zero-order valence-electron chi connectivity index (χ0n) is 14.6. The van der Waals surface area contributed by atoms with Crippen LogP contribution in [0.2, 0.25) is 0 Å². The number of carbonyl (C=O) groups excluding carboxylic acids is 1. The number of rotatable bonds is 4. The highest BCUT2D eigenvalue weighted by molar-refractivity contribution is 6.09. The molecule has 1 saturated heterocycles. The molecule has 0 saturated carbocycles. The smallest absolute Gasteiger partial charge is 0.251 e. The van der Waals surface area contributed by atoms with E-state index < -0.39 is 11.8 Å². The molecule has 5 nitrogen and oxygen atoms in total. The fraction of sp³-hybridized carbons (Fsp3) is 0.421. The number of aromatic amines is 1. The van der Waals surface area contributed by atoms with E-state index in [4.69, 9.17) is 5.73 Å². The summed E-state index contributed by atoms with van der Waals surface area (Å²) in [5, 5.41) is 4.14. The molecule has 0 atom stereocenters. The van der Waals surface area contributed by atoms with E-state index in [1.807, 2.05) is 19.2 Å². The van der Waals surface area contributed by atoms with Crippen LogP contribution < -0.4 is 16.0 Å². The first kappa shape index (κ1) is 17.0. The Balaban J connectivity index is 1.80. The van der Waals surface area contributed by atoms with Crippen LogP contribution in [0.1, 0.15) is 35.3 Å². The molecule has 0 spiro atoms. The summed E-state index contributed by atoms with van der Waals surface area (Å²) in [6.45, 7) is 1.82. The van der Waals surface area contributed by atoms with E-state index in [0.29, 0.717) is 23.5 Å². The molecule has 0 bridgehead atoms. The van der Waals surface area contributed by atoms with Gasteiger partial charge in [0.15, 0.2) is 0 Å². The molecule has 2 aromatic rings. The summed E-state index contributed by atoms with van der Waals surface area (Å²) < 4.78 is 26.9. The van der Waals surface area contributed by atoms with Crippen LogP contribution >= 0.6 is 0 Å². The van der Waals surface area contributed by atoms with Crippen molar-refractivity contribution in [1.82, 2.24) is 10.3 Å². The number of alkyl halides is 2. The number of primary amides is 1. The normalized spacial score (nSPS) is 19.9. The van der Waals surface area contributed by atoms with Crippen molar-refractivity contribution in [2.24, 2.45) is 5.73 Å². The second-order valence-corrected chi connectivity index (χ2v) is 7.18. The average Bonchev–Trinajstić information content (AvgIpc) is 2.96. The maximum Gasteiger partial charge on any atom is 0.251 e. The van der Waals surface area contributed by atoms with Gasteiger partial charge in [0.25, 0.3) is 11.8 Å². The second-order valence-electron chi connectivity index (χ2n) is 7.18. The predicted octanol–water partition coefficient (Wildman–Crippen LogP) is 2.88. The molecule has 2 heterocycles. The number of nitrogens with one attached hydrogen (secondary N) is 2. The lowest BCUT2D eigenvalue weighted by Gasteiger charge is -2.37. The van der Waals surface area contributed by atoms with Gasteiger partial charge in [-0.1, -0.05) is 6.08 Å². The lowest BCUT2D eigenvalue weighted by molar-refractivity contribution is -0.00605. The predicted molar refractivity (Wildman–Crippen MR) is 98.7 cm³/mol. The summed E-state index contributed by atoms with van der Waals surface area (Å²) in [4.78, 5) is 17.3. The number of aromatic nitrogens is 1. The number of fused-ring (bicyclic) bond motifs is 1. The van der Waals surface area contributed by atoms with Gasteiger partial charge in [-0.15, -0.1) is 0 Å². The molecule has 2 aliphatic rings. The Bertz CT molecular complexity index is 898. The lowest BCUT2D eigenvalue weighted by atomic mass is 9.94. The van der Waals surface area contributed by atoms with E-state index in [1.54, 1.807) is 12.1 Å². The van der Waals surface area contributed by atoms with E-state index in [1.165, 1.54) is 0 Å². The van der Waals surface area contributed by atoms with Crippen molar-refractivity contribution in [3.05, 3.63) is 35.5 Å². The highest BCUT2D eigenvalue weighted by Crippen LogP contribution is 2.39. The number of benzene rings is 1. The van der Waals surface area contributed by atoms with Gasteiger partial charge in [0.2, 0.25) is 0 Å². The van der Waals surface area contributed by atoms with Gasteiger partial charge >= 0.3 is 0 Å². The molecule has 1 amide bonds. The zero-order valence-corrected chi connectivity index (χ0v) is 14.6. The minimum absolute atomic E-state index is 0.155. The molecule has 7 heteroatoms. The van der Waals surface area contributed by atoms with Gasteiger partial charge in [0.1, 0.15) is 0 Å². The summed E-state index contributed by atoms with van der Waals surface area (Å²) in [5.74, 6) is -3.14. The largest absolute Gasteiger partial charge is 0.369 e. The third kappa shape index (κ3) is 2.86. The third-order valence-electron chi connectivity index (χ3n) is 5.48. The van der Waals surface area contributed by atoms with Crippen LogP contribution in [0.5, 0.6) is 0 Å². The Morgan fingerprint density at radius 1 is 1.35 bits per heavy atom. The molecule has 1 aliphatic heterocycles. The van der Waals surface area contributed by atoms with Crippen molar-refractivity contribution >= 4 is 28.1 Å². The van der Waals surface area contributed by atoms with E-state index in [9.17, 15) is 13.6 Å². The van der Waals surface area contributed by atoms with Crippen molar-refractivity contribution in [3.63, 3.8) is 0 Å². The highest BCUT2D eigenvalue weighted by Gasteiger charge is 2.32. The number of amides is 1. The molecule has 1 fully saturated rings. The van der Waals surface area contributed by atoms with Gasteiger partial charge in [-0.25, -0.2) is 8.78 Å². The summed E-state index contributed by atoms with van der Waals surface area (Å²) >= 11 is 0. The second kappa shape index (κ2) is 6.09. The van der Waals surface area contributed by atoms with Crippen molar-refractivity contribution in [3.8, 4) is 0 Å². The van der Waals surface area contributed by atoms with E-state index in [-0.39, 0.29) is 12.8 Å². The summed E-state index contributed by atoms with van der Waals surface area (Å²) in [6.07, 6.45) is 1.50. The number of hydrogen-bond donors (Lipinski definition) is 3. The number of H-pyrrole nitrogens is 1. The van der Waals surface area contributed by atoms with Crippen LogP contribution in [-0.4, -0.2) is 43.0 Å². The highest BCUT2D eigenvalue weighted by atomic mass is 19.3. The zero-order chi connectivity index (χ0) is 18.5. The van der Waals surface area contributed by atoms with Gasteiger partial charge < -0.3 is 20.9 Å². The van der Waals surface area contributed by atoms with Crippen LogP contribution in [0.4, 0.5) is 14.5 Å². The lowest BCUT2D eigenvalue weighted by Crippen LogP contribution is -2.56. The number of anilines is 1. The van der Waals surface area contributed by atoms with Crippen LogP contribution in [0, 0.1) is 0 Å². The van der Waals surface area contributed by atoms with Crippen LogP contribution in [-0.2, 0) is 0 Å². The summed E-state index contributed by atoms with van der Waals surface area (Å²) in [7, 11) is 2.03. The monoisotopic (exact) mass is 360 g/mol. The number of halogens is 2. The maximum atomic E-state index is 13.4. The SMILES string of the molecule is CN(c1ccc(C(N)=O)c2[nH]c(C3=CCC(F)(F)CC3)cc12)C1CNC1. The molecule has 4 rings (SSSR count). The Labute approximate surface area is 150 Å². The minimum atomic E-state index is -2.63. The van der Waals surface area contributed by atoms with Crippen molar-refractivity contribution < 1.29 is 13.6 Å². The minimum Gasteiger partial charge on any atom is -0.369 e. The molecule has 26 heavy (non-hydrogen) atoms. The Hall–Kier alpha value is -2.41. The molecule has 0 unspecified atom stereocenters. The van der Waals surface area contributed by atoms with Crippen LogP contribution in [0.25, 0.3) is 16.5 Å². The number of nitrogens with two attached hydrogens (primary N) is 1. The van der Waals surface area contributed by atoms with Crippen LogP contribution in [0.3, 0.4) is 0 Å². The first-order chi connectivity index (χ1) is 12.4. The maximum absolute atomic E-state index is 13.4. The third-order valence-corrected chi connectivity index (χ3v) is 5.48. The number of hydrogen-bond acceptors (Lipinski definition) is 3. The number of likely N-dealkylation sites (N-methyl/N-ethyl adjacent to an activating group) is 1. The van der Waals surface area contributed by atoms with Crippen molar-refractivity contribution in [2.75, 3.05) is 25.0 Å². The molecule has 138 valence electrons. The standard InChI is InChI=1S/C19H22F2N4O/c1-25(12-9-23-10-12)16-3-2-13(18(22)26)17-14(16)8-15(24-17)11-4-6-19(20,21)7-5-11/h2-4,8,12,23-24H,5-7,9-10H2,1H3,(H2,22,26). The van der Waals surface area contributed by atoms with Gasteiger partial charge in [-0.05, 0) is 30.2 Å². The van der Waals surface area contributed by atoms with E-state index >= 15 is 0 Å². The topological polar surface area (TPSA) is 74.1 Å². The quantitative estimate of drug-likeness (QED) is 0.785. The molecule has 4 N–H and O–H groups in total. The van der Waals surface area contributed by atoms with Crippen molar-refractivity contribution in [2.45, 2.75) is 31.2 Å². The van der Waals surface area contributed by atoms with Crippen molar-refractivity contribution in [1.29, 1.82) is 0 Å². The Kier molecular flexibility index (Phi) is 3.99. The molecule has 1 aromatic carbocycles. The molecule has 1 aromatic heterocycles. The first-order valence-corrected chi connectivity index (χ1v) is 8.82. The van der Waals surface area contributed by atoms with Gasteiger partial charge in [0.05, 0.1) is 17.1 Å². The first-order valence-electron chi connectivity index (χ1n) is 8.82. The molecule has 0 radical (unpaired) electrons. The Morgan fingerprint density at radius 2 is 2.12 bits per heavy atom. The fourth-order valence-corrected chi connectivity index (χ4v) is 3.67. The van der Waals surface area contributed by atoms with E-state index in [0.717, 1.165) is 35.4 Å². The Morgan fingerprint density at radius 3 is 2.69 bits per heavy atom. The van der Waals surface area contributed by atoms with Gasteiger partial charge in [-0.3, -0.25) is 4.79 Å². The fourth-order valence-electron chi connectivity index (χ4n) is 3.67. The number of allylic oxidation sites excluding steroid dienone is 2. The average molecular weight is 360 g/mol. The molecular weight excluding hydrogens is 338 g/mol. The number of nitrogens with zero attached hydrogens (tertiary/aromatic N) is 1. The molecular formula is C19H22F2N4O. The molecule has 1 aliphatic carbocycles. The summed E-state index contributed by atoms with van der Waals surface area (Å²) in [6, 6.07) is 5.98. The van der Waals surface area contributed by atoms with E-state index in [2.05, 4.69) is 15.2 Å². The summed E-state index contributed by atoms with van der Waals surface area (Å²) in [5.41, 5.74) is 9.26. The van der Waals surface area contributed by atoms with Gasteiger partial charge in [0, 0.05) is 49.7 Å². The van der Waals surface area contributed by atoms with Gasteiger partial charge in [-0.2, -0.15) is 0 Å². The number of carbonyl (C=O) groups is 1.